The molecule has 2 N–H and O–H groups in total. The summed E-state index contributed by atoms with van der Waals surface area (Å²) in [7, 11) is 0. The van der Waals surface area contributed by atoms with Gasteiger partial charge in [0.05, 0.1) is 0 Å². The minimum atomic E-state index is -0.801. The lowest BCUT2D eigenvalue weighted by Gasteiger charge is -2.20. The van der Waals surface area contributed by atoms with E-state index in [-0.39, 0.29) is 18.4 Å². The molecule has 1 saturated heterocycles. The van der Waals surface area contributed by atoms with Gasteiger partial charge in [-0.05, 0) is 24.7 Å². The first-order valence-electron chi connectivity index (χ1n) is 7.31. The van der Waals surface area contributed by atoms with Gasteiger partial charge >= 0.3 is 12.0 Å². The number of hydrogen-bond donors (Lipinski definition) is 2. The summed E-state index contributed by atoms with van der Waals surface area (Å²) in [6.45, 7) is 6.24. The molecule has 1 aliphatic heterocycles. The lowest BCUT2D eigenvalue weighted by molar-refractivity contribution is -0.138. The van der Waals surface area contributed by atoms with Crippen molar-refractivity contribution in [2.75, 3.05) is 19.6 Å². The zero-order valence-corrected chi connectivity index (χ0v) is 12.0. The van der Waals surface area contributed by atoms with Crippen molar-refractivity contribution in [3.63, 3.8) is 0 Å². The molecule has 5 heteroatoms. The molecular formula is C14H26N2O3. The van der Waals surface area contributed by atoms with E-state index in [1.807, 2.05) is 11.8 Å². The molecule has 0 spiro atoms. The summed E-state index contributed by atoms with van der Waals surface area (Å²) >= 11 is 0. The molecule has 0 aromatic heterocycles. The Labute approximate surface area is 115 Å². The monoisotopic (exact) mass is 270 g/mol. The number of carbonyl (C=O) groups excluding carboxylic acids is 1. The molecule has 1 rings (SSSR count). The third-order valence-electron chi connectivity index (χ3n) is 3.85. The topological polar surface area (TPSA) is 69.6 Å². The van der Waals surface area contributed by atoms with E-state index >= 15 is 0 Å². The molecule has 5 nitrogen and oxygen atoms in total. The number of rotatable bonds is 7. The molecule has 110 valence electrons. The van der Waals surface area contributed by atoms with E-state index in [1.165, 1.54) is 6.42 Å². The van der Waals surface area contributed by atoms with Gasteiger partial charge in [-0.25, -0.2) is 4.79 Å². The summed E-state index contributed by atoms with van der Waals surface area (Å²) in [5, 5.41) is 11.6. The number of amides is 2. The standard InChI is InChI=1S/C14H26N2O3/c1-3-5-12-6-7-16(10-12)14(19)15-9-11(4-2)8-13(17)18/h11-12H,3-10H2,1-2H3,(H,15,19)(H,17,18). The second-order valence-corrected chi connectivity index (χ2v) is 5.45. The van der Waals surface area contributed by atoms with Crippen molar-refractivity contribution in [1.29, 1.82) is 0 Å². The first-order valence-corrected chi connectivity index (χ1v) is 7.31. The molecule has 1 fully saturated rings. The predicted octanol–water partition coefficient (Wildman–Crippen LogP) is 2.32. The van der Waals surface area contributed by atoms with Gasteiger partial charge in [0.2, 0.25) is 0 Å². The van der Waals surface area contributed by atoms with Crippen LogP contribution in [-0.4, -0.2) is 41.6 Å². The molecular weight excluding hydrogens is 244 g/mol. The second kappa shape index (κ2) is 8.02. The van der Waals surface area contributed by atoms with Crippen LogP contribution in [0.3, 0.4) is 0 Å². The highest BCUT2D eigenvalue weighted by molar-refractivity contribution is 5.74. The summed E-state index contributed by atoms with van der Waals surface area (Å²) in [5.74, 6) is -0.141. The fourth-order valence-electron chi connectivity index (χ4n) is 2.61. The van der Waals surface area contributed by atoms with Crippen LogP contribution in [0.15, 0.2) is 0 Å². The summed E-state index contributed by atoms with van der Waals surface area (Å²) in [4.78, 5) is 24.5. The average molecular weight is 270 g/mol. The van der Waals surface area contributed by atoms with E-state index in [2.05, 4.69) is 12.2 Å². The predicted molar refractivity (Wildman–Crippen MR) is 74.0 cm³/mol. The Bertz CT molecular complexity index is 307. The number of nitrogens with zero attached hydrogens (tertiary/aromatic N) is 1. The molecule has 2 unspecified atom stereocenters. The number of nitrogens with one attached hydrogen (secondary N) is 1. The SMILES string of the molecule is CCCC1CCN(C(=O)NCC(CC)CC(=O)O)C1. The molecule has 0 aromatic carbocycles. The van der Waals surface area contributed by atoms with E-state index < -0.39 is 5.97 Å². The maximum absolute atomic E-state index is 12.0. The van der Waals surface area contributed by atoms with Crippen molar-refractivity contribution in [2.24, 2.45) is 11.8 Å². The van der Waals surface area contributed by atoms with Crippen molar-refractivity contribution >= 4 is 12.0 Å². The van der Waals surface area contributed by atoms with Gasteiger partial charge in [0.15, 0.2) is 0 Å². The van der Waals surface area contributed by atoms with Crippen molar-refractivity contribution in [3.05, 3.63) is 0 Å². The van der Waals surface area contributed by atoms with Gasteiger partial charge < -0.3 is 15.3 Å². The fourth-order valence-corrected chi connectivity index (χ4v) is 2.61. The van der Waals surface area contributed by atoms with Crippen LogP contribution in [0.25, 0.3) is 0 Å². The maximum Gasteiger partial charge on any atom is 0.317 e. The average Bonchev–Trinajstić information content (AvgIpc) is 2.82. The maximum atomic E-state index is 12.0. The Morgan fingerprint density at radius 2 is 2.16 bits per heavy atom. The van der Waals surface area contributed by atoms with Crippen LogP contribution in [0, 0.1) is 11.8 Å². The second-order valence-electron chi connectivity index (χ2n) is 5.45. The van der Waals surface area contributed by atoms with Crippen LogP contribution in [0.5, 0.6) is 0 Å². The first-order chi connectivity index (χ1) is 9.06. The Morgan fingerprint density at radius 3 is 2.74 bits per heavy atom. The van der Waals surface area contributed by atoms with Crippen molar-refractivity contribution in [3.8, 4) is 0 Å². The van der Waals surface area contributed by atoms with Crippen LogP contribution in [0.4, 0.5) is 4.79 Å². The lowest BCUT2D eigenvalue weighted by Crippen LogP contribution is -2.40. The van der Waals surface area contributed by atoms with Gasteiger partial charge in [0.25, 0.3) is 0 Å². The molecule has 2 amide bonds. The molecule has 0 aliphatic carbocycles. The third-order valence-corrected chi connectivity index (χ3v) is 3.85. The number of carboxylic acids is 1. The van der Waals surface area contributed by atoms with Gasteiger partial charge in [0.1, 0.15) is 0 Å². The Balaban J connectivity index is 2.29. The van der Waals surface area contributed by atoms with Crippen LogP contribution < -0.4 is 5.32 Å². The third kappa shape index (κ3) is 5.49. The molecule has 2 atom stereocenters. The van der Waals surface area contributed by atoms with Crippen molar-refractivity contribution < 1.29 is 14.7 Å². The van der Waals surface area contributed by atoms with Gasteiger partial charge in [-0.3, -0.25) is 4.79 Å². The van der Waals surface area contributed by atoms with Crippen LogP contribution >= 0.6 is 0 Å². The van der Waals surface area contributed by atoms with E-state index in [4.69, 9.17) is 5.11 Å². The normalized spacial score (nSPS) is 20.3. The fraction of sp³-hybridized carbons (Fsp3) is 0.857. The summed E-state index contributed by atoms with van der Waals surface area (Å²) in [6, 6.07) is -0.0394. The zero-order valence-electron chi connectivity index (χ0n) is 12.0. The number of carboxylic acid groups (broad SMARTS) is 1. The Kier molecular flexibility index (Phi) is 6.67. The van der Waals surface area contributed by atoms with E-state index in [1.54, 1.807) is 0 Å². The molecule has 0 aromatic rings. The minimum Gasteiger partial charge on any atom is -0.481 e. The number of aliphatic carboxylic acids is 1. The summed E-state index contributed by atoms with van der Waals surface area (Å²) < 4.78 is 0. The highest BCUT2D eigenvalue weighted by Crippen LogP contribution is 2.20. The van der Waals surface area contributed by atoms with Gasteiger partial charge in [-0.2, -0.15) is 0 Å². The van der Waals surface area contributed by atoms with Crippen LogP contribution in [-0.2, 0) is 4.79 Å². The van der Waals surface area contributed by atoms with E-state index in [9.17, 15) is 9.59 Å². The number of carbonyl (C=O) groups is 2. The molecule has 1 aliphatic rings. The smallest absolute Gasteiger partial charge is 0.317 e. The summed E-state index contributed by atoms with van der Waals surface area (Å²) in [5.41, 5.74) is 0. The minimum absolute atomic E-state index is 0.0236. The number of likely N-dealkylation sites (tertiary alicyclic amines) is 1. The zero-order chi connectivity index (χ0) is 14.3. The highest BCUT2D eigenvalue weighted by atomic mass is 16.4. The van der Waals surface area contributed by atoms with E-state index in [0.717, 1.165) is 32.4 Å². The highest BCUT2D eigenvalue weighted by Gasteiger charge is 2.25. The molecule has 19 heavy (non-hydrogen) atoms. The molecule has 0 saturated carbocycles. The number of urea groups is 1. The van der Waals surface area contributed by atoms with Crippen molar-refractivity contribution in [1.82, 2.24) is 10.2 Å². The largest absolute Gasteiger partial charge is 0.481 e. The van der Waals surface area contributed by atoms with Crippen LogP contribution in [0.2, 0.25) is 0 Å². The van der Waals surface area contributed by atoms with Gasteiger partial charge in [-0.1, -0.05) is 26.7 Å². The molecule has 1 heterocycles. The first kappa shape index (κ1) is 15.8. The van der Waals surface area contributed by atoms with Crippen LogP contribution in [0.1, 0.15) is 46.0 Å². The molecule has 0 bridgehead atoms. The quantitative estimate of drug-likeness (QED) is 0.746. The van der Waals surface area contributed by atoms with Crippen molar-refractivity contribution in [2.45, 2.75) is 46.0 Å². The Morgan fingerprint density at radius 1 is 1.42 bits per heavy atom. The van der Waals surface area contributed by atoms with E-state index in [0.29, 0.717) is 12.5 Å². The lowest BCUT2D eigenvalue weighted by atomic mass is 10.0. The molecule has 0 radical (unpaired) electrons. The van der Waals surface area contributed by atoms with Gasteiger partial charge in [-0.15, -0.1) is 0 Å². The summed E-state index contributed by atoms with van der Waals surface area (Å²) in [6.07, 6.45) is 4.32. The van der Waals surface area contributed by atoms with Gasteiger partial charge in [0, 0.05) is 26.1 Å². The Hall–Kier alpha value is -1.26. The number of hydrogen-bond acceptors (Lipinski definition) is 2.